The third kappa shape index (κ3) is 3.49. The predicted octanol–water partition coefficient (Wildman–Crippen LogP) is 3.55. The molecule has 0 aliphatic carbocycles. The van der Waals surface area contributed by atoms with Gasteiger partial charge in [0.1, 0.15) is 5.82 Å². The Balaban J connectivity index is 1.75. The second kappa shape index (κ2) is 7.84. The molecule has 2 amide bonds. The molecule has 0 spiro atoms. The molecular formula is C24H28FN3O2. The number of benzene rings is 2. The molecule has 2 heterocycles. The largest absolute Gasteiger partial charge is 0.340 e. The van der Waals surface area contributed by atoms with Crippen molar-refractivity contribution < 1.29 is 14.0 Å². The van der Waals surface area contributed by atoms with Gasteiger partial charge in [0.15, 0.2) is 0 Å². The van der Waals surface area contributed by atoms with Gasteiger partial charge >= 0.3 is 0 Å². The van der Waals surface area contributed by atoms with Gasteiger partial charge in [0.25, 0.3) is 5.91 Å². The molecule has 5 nitrogen and oxygen atoms in total. The number of rotatable bonds is 3. The molecule has 2 unspecified atom stereocenters. The normalized spacial score (nSPS) is 20.4. The van der Waals surface area contributed by atoms with Crippen LogP contribution in [0.4, 0.5) is 10.1 Å². The first-order valence-corrected chi connectivity index (χ1v) is 10.5. The third-order valence-electron chi connectivity index (χ3n) is 6.49. The number of halogens is 1. The van der Waals surface area contributed by atoms with E-state index < -0.39 is 12.0 Å². The Bertz CT molecular complexity index is 981. The van der Waals surface area contributed by atoms with E-state index >= 15 is 0 Å². The number of aryl methyl sites for hydroxylation is 2. The van der Waals surface area contributed by atoms with Crippen LogP contribution in [0.2, 0.25) is 0 Å². The number of hydrogen-bond donors (Lipinski definition) is 0. The fourth-order valence-electron chi connectivity index (χ4n) is 4.49. The highest BCUT2D eigenvalue weighted by Gasteiger charge is 2.44. The Labute approximate surface area is 177 Å². The van der Waals surface area contributed by atoms with Crippen molar-refractivity contribution in [3.05, 3.63) is 64.5 Å². The Hall–Kier alpha value is -2.73. The second-order valence-electron chi connectivity index (χ2n) is 8.54. The lowest BCUT2D eigenvalue weighted by molar-refractivity contribution is -0.137. The summed E-state index contributed by atoms with van der Waals surface area (Å²) in [5.41, 5.74) is 4.25. The van der Waals surface area contributed by atoms with Gasteiger partial charge in [-0.2, -0.15) is 0 Å². The summed E-state index contributed by atoms with van der Waals surface area (Å²) in [5, 5.41) is 0. The minimum Gasteiger partial charge on any atom is -0.340 e. The smallest absolute Gasteiger partial charge is 0.259 e. The number of nitrogens with zero attached hydrogens (tertiary/aromatic N) is 3. The molecule has 2 atom stereocenters. The van der Waals surface area contributed by atoms with Crippen LogP contribution in [-0.4, -0.2) is 54.8 Å². The van der Waals surface area contributed by atoms with Gasteiger partial charge in [-0.05, 0) is 67.9 Å². The first kappa shape index (κ1) is 20.5. The van der Waals surface area contributed by atoms with E-state index in [1.54, 1.807) is 17.0 Å². The SMILES string of the molecule is Cc1cc2c(cc1C)C(C(C)C(=O)N1CCN(C)CC1)N(c1ccc(F)cc1)C2=O. The zero-order valence-corrected chi connectivity index (χ0v) is 18.0. The summed E-state index contributed by atoms with van der Waals surface area (Å²) in [6, 6.07) is 9.46. The van der Waals surface area contributed by atoms with Crippen molar-refractivity contribution in [1.82, 2.24) is 9.80 Å². The molecule has 158 valence electrons. The van der Waals surface area contributed by atoms with E-state index in [1.807, 2.05) is 37.8 Å². The van der Waals surface area contributed by atoms with Crippen LogP contribution < -0.4 is 4.90 Å². The van der Waals surface area contributed by atoms with Gasteiger partial charge in [0.05, 0.1) is 12.0 Å². The van der Waals surface area contributed by atoms with Crippen molar-refractivity contribution in [3.63, 3.8) is 0 Å². The summed E-state index contributed by atoms with van der Waals surface area (Å²) in [4.78, 5) is 32.6. The zero-order chi connectivity index (χ0) is 21.6. The van der Waals surface area contributed by atoms with E-state index in [0.29, 0.717) is 24.3 Å². The molecule has 4 rings (SSSR count). The maximum absolute atomic E-state index is 13.5. The van der Waals surface area contributed by atoms with Crippen LogP contribution in [0, 0.1) is 25.6 Å². The minimum absolute atomic E-state index is 0.0547. The van der Waals surface area contributed by atoms with Crippen LogP contribution in [0.1, 0.15) is 40.0 Å². The number of anilines is 1. The number of likely N-dealkylation sites (N-methyl/N-ethyl adjacent to an activating group) is 1. The molecule has 0 aromatic heterocycles. The fraction of sp³-hybridized carbons (Fsp3) is 0.417. The topological polar surface area (TPSA) is 43.9 Å². The number of hydrogen-bond acceptors (Lipinski definition) is 3. The summed E-state index contributed by atoms with van der Waals surface area (Å²) in [6.45, 7) is 8.98. The van der Waals surface area contributed by atoms with E-state index in [4.69, 9.17) is 0 Å². The maximum atomic E-state index is 13.5. The molecule has 1 saturated heterocycles. The van der Waals surface area contributed by atoms with Crippen LogP contribution in [-0.2, 0) is 4.79 Å². The Morgan fingerprint density at radius 3 is 2.27 bits per heavy atom. The van der Waals surface area contributed by atoms with Crippen molar-refractivity contribution in [2.24, 2.45) is 5.92 Å². The Kier molecular flexibility index (Phi) is 5.36. The maximum Gasteiger partial charge on any atom is 0.259 e. The average molecular weight is 410 g/mol. The van der Waals surface area contributed by atoms with Crippen LogP contribution in [0.15, 0.2) is 36.4 Å². The number of amides is 2. The van der Waals surface area contributed by atoms with Gasteiger partial charge in [-0.15, -0.1) is 0 Å². The average Bonchev–Trinajstić information content (AvgIpc) is 3.00. The predicted molar refractivity (Wildman–Crippen MR) is 115 cm³/mol. The summed E-state index contributed by atoms with van der Waals surface area (Å²) in [6.07, 6.45) is 0. The van der Waals surface area contributed by atoms with Gasteiger partial charge in [-0.25, -0.2) is 4.39 Å². The van der Waals surface area contributed by atoms with E-state index in [9.17, 15) is 14.0 Å². The van der Waals surface area contributed by atoms with E-state index in [0.717, 1.165) is 29.8 Å². The molecule has 0 saturated carbocycles. The zero-order valence-electron chi connectivity index (χ0n) is 18.0. The number of fused-ring (bicyclic) bond motifs is 1. The van der Waals surface area contributed by atoms with Crippen LogP contribution >= 0.6 is 0 Å². The highest BCUT2D eigenvalue weighted by Crippen LogP contribution is 2.43. The standard InChI is InChI=1S/C24H28FN3O2/c1-15-13-20-21(14-16(15)2)24(30)28(19-7-5-18(25)6-8-19)22(20)17(3)23(29)27-11-9-26(4)10-12-27/h5-8,13-14,17,22H,9-12H2,1-4H3. The van der Waals surface area contributed by atoms with Crippen LogP contribution in [0.5, 0.6) is 0 Å². The molecule has 2 aromatic rings. The monoisotopic (exact) mass is 409 g/mol. The quantitative estimate of drug-likeness (QED) is 0.779. The van der Waals surface area contributed by atoms with Crippen LogP contribution in [0.25, 0.3) is 0 Å². The van der Waals surface area contributed by atoms with Crippen molar-refractivity contribution in [2.45, 2.75) is 26.8 Å². The number of piperazine rings is 1. The third-order valence-corrected chi connectivity index (χ3v) is 6.49. The lowest BCUT2D eigenvalue weighted by Gasteiger charge is -2.37. The molecule has 6 heteroatoms. The molecular weight excluding hydrogens is 381 g/mol. The summed E-state index contributed by atoms with van der Waals surface area (Å²) < 4.78 is 13.5. The van der Waals surface area contributed by atoms with Crippen LogP contribution in [0.3, 0.4) is 0 Å². The van der Waals surface area contributed by atoms with Gasteiger partial charge in [-0.1, -0.05) is 13.0 Å². The van der Waals surface area contributed by atoms with Crippen molar-refractivity contribution >= 4 is 17.5 Å². The Morgan fingerprint density at radius 1 is 1.03 bits per heavy atom. The van der Waals surface area contributed by atoms with Crippen molar-refractivity contribution in [1.29, 1.82) is 0 Å². The van der Waals surface area contributed by atoms with Crippen molar-refractivity contribution in [2.75, 3.05) is 38.1 Å². The molecule has 30 heavy (non-hydrogen) atoms. The number of carbonyl (C=O) groups excluding carboxylic acids is 2. The minimum atomic E-state index is -0.413. The lowest BCUT2D eigenvalue weighted by Crippen LogP contribution is -2.50. The van der Waals surface area contributed by atoms with E-state index in [1.165, 1.54) is 12.1 Å². The highest BCUT2D eigenvalue weighted by molar-refractivity contribution is 6.12. The molecule has 0 radical (unpaired) electrons. The van der Waals surface area contributed by atoms with Gasteiger partial charge in [-0.3, -0.25) is 9.59 Å². The summed E-state index contributed by atoms with van der Waals surface area (Å²) >= 11 is 0. The molecule has 1 fully saturated rings. The van der Waals surface area contributed by atoms with E-state index in [-0.39, 0.29) is 17.6 Å². The molecule has 2 aliphatic rings. The first-order chi connectivity index (χ1) is 14.3. The number of carbonyl (C=O) groups is 2. The molecule has 0 N–H and O–H groups in total. The Morgan fingerprint density at radius 2 is 1.63 bits per heavy atom. The second-order valence-corrected chi connectivity index (χ2v) is 8.54. The van der Waals surface area contributed by atoms with E-state index in [2.05, 4.69) is 11.9 Å². The molecule has 2 aromatic carbocycles. The summed E-state index contributed by atoms with van der Waals surface area (Å²) in [5.74, 6) is -0.847. The van der Waals surface area contributed by atoms with Gasteiger partial charge in [0.2, 0.25) is 5.91 Å². The lowest BCUT2D eigenvalue weighted by atomic mass is 9.90. The fourth-order valence-corrected chi connectivity index (χ4v) is 4.49. The van der Waals surface area contributed by atoms with Gasteiger partial charge < -0.3 is 14.7 Å². The summed E-state index contributed by atoms with van der Waals surface area (Å²) in [7, 11) is 2.05. The van der Waals surface area contributed by atoms with Crippen molar-refractivity contribution in [3.8, 4) is 0 Å². The molecule has 2 aliphatic heterocycles. The first-order valence-electron chi connectivity index (χ1n) is 10.5. The highest BCUT2D eigenvalue weighted by atomic mass is 19.1. The van der Waals surface area contributed by atoms with Gasteiger partial charge in [0, 0.05) is 37.4 Å². The molecule has 0 bridgehead atoms.